The van der Waals surface area contributed by atoms with Gasteiger partial charge < -0.3 is 38.1 Å². The topological polar surface area (TPSA) is 169 Å². The van der Waals surface area contributed by atoms with Crippen LogP contribution in [0.3, 0.4) is 0 Å². The van der Waals surface area contributed by atoms with Crippen LogP contribution in [0.4, 0.5) is 0 Å². The number of hydrogen-bond donors (Lipinski definition) is 2. The number of aliphatic hydroxyl groups excluding tert-OH is 2. The molecular formula is C52H96NO11P. The number of unbranched alkanes of at least 4 members (excludes halogenated alkanes) is 23. The predicted molar refractivity (Wildman–Crippen MR) is 260 cm³/mol. The molecule has 0 amide bonds. The number of phosphoric ester groups is 1. The molecule has 1 saturated carbocycles. The zero-order valence-electron chi connectivity index (χ0n) is 41.9. The van der Waals surface area contributed by atoms with Crippen molar-refractivity contribution in [3.05, 3.63) is 24.3 Å². The molecule has 1 fully saturated rings. The molecule has 1 unspecified atom stereocenters. The van der Waals surface area contributed by atoms with Crippen LogP contribution in [0.1, 0.15) is 213 Å². The van der Waals surface area contributed by atoms with Crippen molar-refractivity contribution in [1.29, 1.82) is 0 Å². The Bertz CT molecular complexity index is 1320. The van der Waals surface area contributed by atoms with Gasteiger partial charge in [-0.3, -0.25) is 18.9 Å². The molecule has 0 aromatic carbocycles. The minimum Gasteiger partial charge on any atom is -0.756 e. The van der Waals surface area contributed by atoms with E-state index in [0.29, 0.717) is 43.1 Å². The maximum absolute atomic E-state index is 12.8. The summed E-state index contributed by atoms with van der Waals surface area (Å²) in [5, 5.41) is 20.8. The molecule has 1 aliphatic rings. The van der Waals surface area contributed by atoms with Gasteiger partial charge in [0.25, 0.3) is 7.82 Å². The number of phosphoric acid groups is 1. The molecule has 6 atom stereocenters. The van der Waals surface area contributed by atoms with Gasteiger partial charge in [-0.15, -0.1) is 0 Å². The number of Topliss-reactive ketones (excluding diaryl/α,β-unsaturated/α-hetero) is 1. The minimum absolute atomic E-state index is 0.00731. The molecule has 65 heavy (non-hydrogen) atoms. The van der Waals surface area contributed by atoms with Crippen LogP contribution in [0.15, 0.2) is 24.3 Å². The number of rotatable bonds is 44. The summed E-state index contributed by atoms with van der Waals surface area (Å²) in [6.45, 7) is 3.85. The number of allylic oxidation sites excluding steroid dienone is 2. The van der Waals surface area contributed by atoms with E-state index in [1.807, 2.05) is 33.3 Å². The lowest BCUT2D eigenvalue weighted by Crippen LogP contribution is -2.37. The fourth-order valence-corrected chi connectivity index (χ4v) is 8.90. The van der Waals surface area contributed by atoms with E-state index < -0.39 is 44.7 Å². The Morgan fingerprint density at radius 3 is 1.77 bits per heavy atom. The second kappa shape index (κ2) is 39.0. The first-order valence-corrected chi connectivity index (χ1v) is 27.6. The molecular weight excluding hydrogens is 846 g/mol. The average molecular weight is 942 g/mol. The molecule has 0 aliphatic heterocycles. The highest BCUT2D eigenvalue weighted by molar-refractivity contribution is 7.45. The number of esters is 2. The highest BCUT2D eigenvalue weighted by Gasteiger charge is 2.39. The third kappa shape index (κ3) is 35.8. The van der Waals surface area contributed by atoms with E-state index in [9.17, 15) is 34.1 Å². The lowest BCUT2D eigenvalue weighted by Gasteiger charge is -2.28. The summed E-state index contributed by atoms with van der Waals surface area (Å²) in [4.78, 5) is 50.5. The zero-order chi connectivity index (χ0) is 48.0. The lowest BCUT2D eigenvalue weighted by atomic mass is 9.90. The molecule has 0 aromatic rings. The van der Waals surface area contributed by atoms with Crippen molar-refractivity contribution in [2.75, 3.05) is 47.5 Å². The van der Waals surface area contributed by atoms with E-state index in [1.165, 1.54) is 109 Å². The van der Waals surface area contributed by atoms with Gasteiger partial charge in [0.15, 0.2) is 6.10 Å². The molecule has 1 aliphatic carbocycles. The number of quaternary nitrogens is 1. The summed E-state index contributed by atoms with van der Waals surface area (Å²) in [6.07, 6.45) is 37.1. The largest absolute Gasteiger partial charge is 0.756 e. The molecule has 0 spiro atoms. The summed E-state index contributed by atoms with van der Waals surface area (Å²) in [5.74, 6) is -1.76. The van der Waals surface area contributed by atoms with Gasteiger partial charge in [-0.25, -0.2) is 0 Å². The molecule has 13 heteroatoms. The van der Waals surface area contributed by atoms with Crippen molar-refractivity contribution in [2.45, 2.75) is 231 Å². The molecule has 1 rings (SSSR count). The first-order chi connectivity index (χ1) is 31.2. The average Bonchev–Trinajstić information content (AvgIpc) is 3.52. The van der Waals surface area contributed by atoms with Crippen LogP contribution >= 0.6 is 7.82 Å². The Labute approximate surface area is 396 Å². The standard InChI is InChI=1S/C52H96NO11P/c1-6-8-10-11-12-13-14-15-16-17-18-19-20-21-22-23-24-25-26-27-32-36-51(57)61-43-46(44-63-65(59,60)62-41-40-53(3,4)5)64-52(58)37-33-29-28-31-35-47-48(50(56)42-49(47)55)39-38-45(54)34-30-9-7-2/h28,31,38-39,45-48,50,54,56H,6-27,29-30,32-37,40-44H2,1-5H3/b31-28-,39-38+/t45-,46+,47+,48+,50+/m0/s1. The third-order valence-corrected chi connectivity index (χ3v) is 13.3. The van der Waals surface area contributed by atoms with Gasteiger partial charge in [0.05, 0.1) is 40.0 Å². The Morgan fingerprint density at radius 1 is 0.723 bits per heavy atom. The van der Waals surface area contributed by atoms with E-state index in [-0.39, 0.29) is 50.1 Å². The molecule has 0 bridgehead atoms. The van der Waals surface area contributed by atoms with Gasteiger partial charge in [-0.05, 0) is 32.1 Å². The highest BCUT2D eigenvalue weighted by atomic mass is 31.2. The van der Waals surface area contributed by atoms with E-state index in [1.54, 1.807) is 12.2 Å². The van der Waals surface area contributed by atoms with Gasteiger partial charge in [0.1, 0.15) is 25.5 Å². The monoisotopic (exact) mass is 942 g/mol. The SMILES string of the molecule is CCCCCCCCCCCCCCCCCCCCCCCC(=O)OC[C@H](COP(=O)([O-])OCC[N+](C)(C)C)OC(=O)CCC/C=C\C[C@H]1C(=O)C[C@@H](O)[C@@H]1/C=C/[C@@H](O)CCCCC. The van der Waals surface area contributed by atoms with Crippen LogP contribution < -0.4 is 4.89 Å². The minimum atomic E-state index is -4.70. The molecule has 2 N–H and O–H groups in total. The smallest absolute Gasteiger partial charge is 0.306 e. The summed E-state index contributed by atoms with van der Waals surface area (Å²) in [6, 6.07) is 0. The van der Waals surface area contributed by atoms with Crippen molar-refractivity contribution in [1.82, 2.24) is 0 Å². The summed E-state index contributed by atoms with van der Waals surface area (Å²) in [5.41, 5.74) is 0. The van der Waals surface area contributed by atoms with Crippen molar-refractivity contribution in [2.24, 2.45) is 11.8 Å². The first kappa shape index (κ1) is 61.1. The van der Waals surface area contributed by atoms with Crippen molar-refractivity contribution >= 4 is 25.5 Å². The Balaban J connectivity index is 2.38. The fourth-order valence-electron chi connectivity index (χ4n) is 8.17. The first-order valence-electron chi connectivity index (χ1n) is 26.1. The lowest BCUT2D eigenvalue weighted by molar-refractivity contribution is -0.870. The quantitative estimate of drug-likeness (QED) is 0.0196. The molecule has 0 aromatic heterocycles. The van der Waals surface area contributed by atoms with E-state index in [4.69, 9.17) is 18.5 Å². The molecule has 0 heterocycles. The summed E-state index contributed by atoms with van der Waals surface area (Å²) >= 11 is 0. The van der Waals surface area contributed by atoms with Gasteiger partial charge >= 0.3 is 11.9 Å². The number of hydrogen-bond acceptors (Lipinski definition) is 11. The number of likely N-dealkylation sites (N-methyl/N-ethyl adjacent to an activating group) is 1. The van der Waals surface area contributed by atoms with Crippen LogP contribution in [-0.4, -0.2) is 98.2 Å². The van der Waals surface area contributed by atoms with Gasteiger partial charge in [-0.1, -0.05) is 186 Å². The van der Waals surface area contributed by atoms with Crippen LogP contribution in [0, 0.1) is 11.8 Å². The van der Waals surface area contributed by atoms with E-state index >= 15 is 0 Å². The second-order valence-corrected chi connectivity index (χ2v) is 21.1. The maximum atomic E-state index is 12.8. The third-order valence-electron chi connectivity index (χ3n) is 12.3. The Morgan fingerprint density at radius 2 is 1.23 bits per heavy atom. The van der Waals surface area contributed by atoms with Crippen molar-refractivity contribution in [3.63, 3.8) is 0 Å². The van der Waals surface area contributed by atoms with Crippen molar-refractivity contribution in [3.8, 4) is 0 Å². The van der Waals surface area contributed by atoms with Crippen LogP contribution in [0.2, 0.25) is 0 Å². The molecule has 12 nitrogen and oxygen atoms in total. The number of ketones is 1. The maximum Gasteiger partial charge on any atom is 0.306 e. The Kier molecular flexibility index (Phi) is 36.6. The van der Waals surface area contributed by atoms with E-state index in [0.717, 1.165) is 38.5 Å². The number of ether oxygens (including phenoxy) is 2. The fraction of sp³-hybridized carbons (Fsp3) is 0.865. The van der Waals surface area contributed by atoms with Gasteiger partial charge in [0, 0.05) is 31.1 Å². The zero-order valence-corrected chi connectivity index (χ0v) is 42.8. The van der Waals surface area contributed by atoms with Crippen LogP contribution in [0.25, 0.3) is 0 Å². The van der Waals surface area contributed by atoms with Crippen LogP contribution in [0.5, 0.6) is 0 Å². The normalized spacial score (nSPS) is 18.7. The number of aliphatic hydroxyl groups is 2. The number of carbonyl (C=O) groups excluding carboxylic acids is 3. The molecule has 0 radical (unpaired) electrons. The summed E-state index contributed by atoms with van der Waals surface area (Å²) in [7, 11) is 1.01. The van der Waals surface area contributed by atoms with E-state index in [2.05, 4.69) is 13.8 Å². The van der Waals surface area contributed by atoms with Gasteiger partial charge in [-0.2, -0.15) is 0 Å². The molecule has 380 valence electrons. The molecule has 0 saturated heterocycles. The summed E-state index contributed by atoms with van der Waals surface area (Å²) < 4.78 is 34.0. The second-order valence-electron chi connectivity index (χ2n) is 19.7. The predicted octanol–water partition coefficient (Wildman–Crippen LogP) is 11.4. The van der Waals surface area contributed by atoms with Crippen molar-refractivity contribution < 1.29 is 57.1 Å². The number of carbonyl (C=O) groups is 3. The van der Waals surface area contributed by atoms with Gasteiger partial charge in [0.2, 0.25) is 0 Å². The Hall–Kier alpha value is -1.92. The van der Waals surface area contributed by atoms with Crippen LogP contribution in [-0.2, 0) is 37.5 Å². The number of nitrogens with zero attached hydrogens (tertiary/aromatic N) is 1. The highest BCUT2D eigenvalue weighted by Crippen LogP contribution is 2.38.